The van der Waals surface area contributed by atoms with E-state index in [2.05, 4.69) is 10.3 Å². The fraction of sp³-hybridized carbons (Fsp3) is 0.400. The minimum Gasteiger partial charge on any atom is -0.384 e. The summed E-state index contributed by atoms with van der Waals surface area (Å²) in [5.41, 5.74) is 6.17. The molecule has 1 fully saturated rings. The molecule has 0 saturated carbocycles. The second-order valence-corrected chi connectivity index (χ2v) is 5.86. The zero-order valence-electron chi connectivity index (χ0n) is 8.68. The van der Waals surface area contributed by atoms with E-state index in [0.29, 0.717) is 11.5 Å². The fourth-order valence-corrected chi connectivity index (χ4v) is 3.90. The first kappa shape index (κ1) is 11.6. The van der Waals surface area contributed by atoms with Crippen molar-refractivity contribution in [3.05, 3.63) is 18.3 Å². The Balaban J connectivity index is 1.93. The maximum absolute atomic E-state index is 11.8. The van der Waals surface area contributed by atoms with Crippen LogP contribution in [-0.2, 0) is 4.79 Å². The van der Waals surface area contributed by atoms with E-state index in [1.807, 2.05) is 11.8 Å². The topological polar surface area (TPSA) is 68.0 Å². The lowest BCUT2D eigenvalue weighted by Crippen LogP contribution is -2.30. The van der Waals surface area contributed by atoms with Crippen molar-refractivity contribution in [3.8, 4) is 0 Å². The molecule has 4 nitrogen and oxygen atoms in total. The van der Waals surface area contributed by atoms with Gasteiger partial charge in [-0.05, 0) is 12.1 Å². The summed E-state index contributed by atoms with van der Waals surface area (Å²) in [6, 6.07) is 3.44. The SMILES string of the molecule is Nc1ccc(NC(=O)C2CSCCS2)cn1. The van der Waals surface area contributed by atoms with E-state index in [1.165, 1.54) is 0 Å². The summed E-state index contributed by atoms with van der Waals surface area (Å²) in [5.74, 6) is 3.59. The lowest BCUT2D eigenvalue weighted by molar-refractivity contribution is -0.115. The van der Waals surface area contributed by atoms with Gasteiger partial charge in [-0.15, -0.1) is 11.8 Å². The molecule has 1 unspecified atom stereocenters. The van der Waals surface area contributed by atoms with Crippen LogP contribution in [0.4, 0.5) is 11.5 Å². The Morgan fingerprint density at radius 1 is 1.50 bits per heavy atom. The first-order valence-electron chi connectivity index (χ1n) is 4.97. The fourth-order valence-electron chi connectivity index (χ4n) is 1.34. The first-order chi connectivity index (χ1) is 7.75. The molecule has 0 radical (unpaired) electrons. The quantitative estimate of drug-likeness (QED) is 0.837. The number of nitrogens with one attached hydrogen (secondary N) is 1. The molecule has 0 spiro atoms. The molecule has 3 N–H and O–H groups in total. The van der Waals surface area contributed by atoms with Gasteiger partial charge in [0.1, 0.15) is 5.82 Å². The minimum atomic E-state index is 0.0521. The number of nitrogens with zero attached hydrogens (tertiary/aromatic N) is 1. The smallest absolute Gasteiger partial charge is 0.238 e. The van der Waals surface area contributed by atoms with Crippen LogP contribution in [0.3, 0.4) is 0 Å². The lowest BCUT2D eigenvalue weighted by atomic mass is 10.3. The van der Waals surface area contributed by atoms with E-state index >= 15 is 0 Å². The van der Waals surface area contributed by atoms with Gasteiger partial charge in [-0.3, -0.25) is 4.79 Å². The molecule has 0 bridgehead atoms. The van der Waals surface area contributed by atoms with Crippen molar-refractivity contribution in [1.29, 1.82) is 0 Å². The van der Waals surface area contributed by atoms with Gasteiger partial charge in [-0.25, -0.2) is 4.98 Å². The van der Waals surface area contributed by atoms with Gasteiger partial charge in [0.25, 0.3) is 0 Å². The van der Waals surface area contributed by atoms with E-state index < -0.39 is 0 Å². The van der Waals surface area contributed by atoms with Crippen molar-refractivity contribution in [2.45, 2.75) is 5.25 Å². The van der Waals surface area contributed by atoms with Crippen LogP contribution in [-0.4, -0.2) is 33.4 Å². The summed E-state index contributed by atoms with van der Waals surface area (Å²) in [5, 5.41) is 2.90. The van der Waals surface area contributed by atoms with E-state index in [-0.39, 0.29) is 11.2 Å². The van der Waals surface area contributed by atoms with E-state index in [1.54, 1.807) is 30.1 Å². The predicted octanol–water partition coefficient (Wildman–Crippen LogP) is 1.45. The molecule has 1 saturated heterocycles. The Kier molecular flexibility index (Phi) is 3.95. The van der Waals surface area contributed by atoms with Crippen LogP contribution in [0.1, 0.15) is 0 Å². The highest BCUT2D eigenvalue weighted by Gasteiger charge is 2.22. The Labute approximate surface area is 103 Å². The molecular weight excluding hydrogens is 242 g/mol. The van der Waals surface area contributed by atoms with Gasteiger partial charge in [-0.1, -0.05) is 0 Å². The highest BCUT2D eigenvalue weighted by molar-refractivity contribution is 8.07. The monoisotopic (exact) mass is 255 g/mol. The number of carbonyl (C=O) groups excluding carboxylic acids is 1. The second-order valence-electron chi connectivity index (χ2n) is 3.40. The molecule has 6 heteroatoms. The number of rotatable bonds is 2. The number of aromatic nitrogens is 1. The summed E-state index contributed by atoms with van der Waals surface area (Å²) in [7, 11) is 0. The highest BCUT2D eigenvalue weighted by Crippen LogP contribution is 2.25. The minimum absolute atomic E-state index is 0.0521. The third-order valence-electron chi connectivity index (χ3n) is 2.16. The molecule has 1 amide bonds. The summed E-state index contributed by atoms with van der Waals surface area (Å²) in [4.78, 5) is 15.8. The van der Waals surface area contributed by atoms with Gasteiger partial charge in [0, 0.05) is 17.3 Å². The van der Waals surface area contributed by atoms with Crippen LogP contribution in [0.2, 0.25) is 0 Å². The van der Waals surface area contributed by atoms with Gasteiger partial charge in [0.15, 0.2) is 0 Å². The van der Waals surface area contributed by atoms with Crippen molar-refractivity contribution in [2.24, 2.45) is 0 Å². The number of hydrogen-bond acceptors (Lipinski definition) is 5. The van der Waals surface area contributed by atoms with Crippen LogP contribution < -0.4 is 11.1 Å². The molecular formula is C10H13N3OS2. The number of nitrogen functional groups attached to an aromatic ring is 1. The van der Waals surface area contributed by atoms with Crippen molar-refractivity contribution >= 4 is 40.9 Å². The molecule has 0 aliphatic carbocycles. The number of thioether (sulfide) groups is 2. The zero-order valence-corrected chi connectivity index (χ0v) is 10.3. The Bertz CT molecular complexity index is 363. The van der Waals surface area contributed by atoms with Gasteiger partial charge in [0.05, 0.1) is 17.1 Å². The Morgan fingerprint density at radius 2 is 2.38 bits per heavy atom. The largest absolute Gasteiger partial charge is 0.384 e. The van der Waals surface area contributed by atoms with Crippen LogP contribution >= 0.6 is 23.5 Å². The van der Waals surface area contributed by atoms with E-state index in [0.717, 1.165) is 17.3 Å². The number of anilines is 2. The third-order valence-corrected chi connectivity index (χ3v) is 4.92. The predicted molar refractivity (Wildman–Crippen MR) is 70.9 cm³/mol. The number of carbonyl (C=O) groups is 1. The van der Waals surface area contributed by atoms with Crippen molar-refractivity contribution < 1.29 is 4.79 Å². The van der Waals surface area contributed by atoms with Crippen LogP contribution in [0.15, 0.2) is 18.3 Å². The molecule has 1 aromatic rings. The van der Waals surface area contributed by atoms with Crippen molar-refractivity contribution in [3.63, 3.8) is 0 Å². The Hall–Kier alpha value is -0.880. The van der Waals surface area contributed by atoms with Gasteiger partial charge >= 0.3 is 0 Å². The number of hydrogen-bond donors (Lipinski definition) is 2. The normalized spacial score (nSPS) is 20.4. The highest BCUT2D eigenvalue weighted by atomic mass is 32.2. The Morgan fingerprint density at radius 3 is 3.00 bits per heavy atom. The molecule has 1 aromatic heterocycles. The van der Waals surface area contributed by atoms with Crippen LogP contribution in [0, 0.1) is 0 Å². The van der Waals surface area contributed by atoms with Gasteiger partial charge in [-0.2, -0.15) is 11.8 Å². The maximum Gasteiger partial charge on any atom is 0.238 e. The summed E-state index contributed by atoms with van der Waals surface area (Å²) < 4.78 is 0. The molecule has 2 rings (SSSR count). The van der Waals surface area contributed by atoms with Gasteiger partial charge in [0.2, 0.25) is 5.91 Å². The van der Waals surface area contributed by atoms with Gasteiger partial charge < -0.3 is 11.1 Å². The maximum atomic E-state index is 11.8. The molecule has 86 valence electrons. The van der Waals surface area contributed by atoms with E-state index in [9.17, 15) is 4.79 Å². The van der Waals surface area contributed by atoms with Crippen molar-refractivity contribution in [2.75, 3.05) is 28.3 Å². The number of pyridine rings is 1. The average Bonchev–Trinajstić information content (AvgIpc) is 2.33. The first-order valence-corrected chi connectivity index (χ1v) is 7.18. The standard InChI is InChI=1S/C10H13N3OS2/c11-9-2-1-7(5-12-9)13-10(14)8-6-15-3-4-16-8/h1-2,5,8H,3-4,6H2,(H2,11,12)(H,13,14). The molecule has 16 heavy (non-hydrogen) atoms. The lowest BCUT2D eigenvalue weighted by Gasteiger charge is -2.19. The van der Waals surface area contributed by atoms with E-state index in [4.69, 9.17) is 5.73 Å². The number of amides is 1. The number of nitrogens with two attached hydrogens (primary N) is 1. The van der Waals surface area contributed by atoms with Crippen LogP contribution in [0.25, 0.3) is 0 Å². The zero-order chi connectivity index (χ0) is 11.4. The average molecular weight is 255 g/mol. The second kappa shape index (κ2) is 5.45. The van der Waals surface area contributed by atoms with Crippen molar-refractivity contribution in [1.82, 2.24) is 4.98 Å². The third kappa shape index (κ3) is 3.05. The summed E-state index contributed by atoms with van der Waals surface area (Å²) in [6.45, 7) is 0. The summed E-state index contributed by atoms with van der Waals surface area (Å²) >= 11 is 3.54. The molecule has 0 aromatic carbocycles. The summed E-state index contributed by atoms with van der Waals surface area (Å²) in [6.07, 6.45) is 1.58. The molecule has 1 atom stereocenters. The molecule has 1 aliphatic rings. The molecule has 2 heterocycles. The van der Waals surface area contributed by atoms with Crippen LogP contribution in [0.5, 0.6) is 0 Å². The molecule has 1 aliphatic heterocycles.